The van der Waals surface area contributed by atoms with Gasteiger partial charge in [0, 0.05) is 32.4 Å². The fourth-order valence-electron chi connectivity index (χ4n) is 2.89. The third-order valence-electron chi connectivity index (χ3n) is 3.90. The van der Waals surface area contributed by atoms with Gasteiger partial charge in [-0.25, -0.2) is 0 Å². The van der Waals surface area contributed by atoms with Crippen molar-refractivity contribution in [3.8, 4) is 0 Å². The van der Waals surface area contributed by atoms with E-state index < -0.39 is 11.7 Å². The highest BCUT2D eigenvalue weighted by molar-refractivity contribution is 5.52. The number of ether oxygens (including phenoxy) is 1. The van der Waals surface area contributed by atoms with E-state index in [0.29, 0.717) is 12.5 Å². The van der Waals surface area contributed by atoms with Crippen LogP contribution >= 0.6 is 0 Å². The lowest BCUT2D eigenvalue weighted by Crippen LogP contribution is -2.37. The van der Waals surface area contributed by atoms with Gasteiger partial charge in [-0.2, -0.15) is 13.2 Å². The topological polar surface area (TPSA) is 38.5 Å². The molecule has 0 spiro atoms. The van der Waals surface area contributed by atoms with Crippen LogP contribution in [0.5, 0.6) is 0 Å². The van der Waals surface area contributed by atoms with Crippen molar-refractivity contribution in [1.29, 1.82) is 0 Å². The maximum atomic E-state index is 12.9. The van der Waals surface area contributed by atoms with E-state index in [1.807, 2.05) is 0 Å². The molecule has 0 radical (unpaired) electrons. The number of halogens is 3. The summed E-state index contributed by atoms with van der Waals surface area (Å²) in [7, 11) is 1.67. The van der Waals surface area contributed by atoms with Crippen LogP contribution in [0.4, 0.5) is 18.9 Å². The molecule has 1 aliphatic heterocycles. The molecule has 1 heterocycles. The number of alkyl halides is 3. The highest BCUT2D eigenvalue weighted by Crippen LogP contribution is 2.34. The molecule has 118 valence electrons. The third-order valence-corrected chi connectivity index (χ3v) is 3.90. The number of methoxy groups -OCH3 is 1. The zero-order valence-electron chi connectivity index (χ0n) is 12.1. The molecule has 6 heteroatoms. The molecule has 0 saturated carbocycles. The first-order valence-electron chi connectivity index (χ1n) is 7.09. The summed E-state index contributed by atoms with van der Waals surface area (Å²) in [6.45, 7) is 2.23. The lowest BCUT2D eigenvalue weighted by Gasteiger charge is -2.34. The standard InChI is InChI=1S/C15H21F3N2O/c1-21-10-11-3-2-6-20(9-11)13-4-5-14(15(16,17)18)12(7-13)8-19/h4-5,7,11H,2-3,6,8-10,19H2,1H3. The average molecular weight is 302 g/mol. The molecular weight excluding hydrogens is 281 g/mol. The van der Waals surface area contributed by atoms with Crippen molar-refractivity contribution in [3.63, 3.8) is 0 Å². The van der Waals surface area contributed by atoms with E-state index in [9.17, 15) is 13.2 Å². The zero-order valence-corrected chi connectivity index (χ0v) is 12.1. The van der Waals surface area contributed by atoms with Crippen LogP contribution in [0.25, 0.3) is 0 Å². The molecule has 1 fully saturated rings. The predicted octanol–water partition coefficient (Wildman–Crippen LogP) is 3.03. The molecule has 1 aromatic rings. The minimum Gasteiger partial charge on any atom is -0.384 e. The minimum absolute atomic E-state index is 0.113. The number of anilines is 1. The summed E-state index contributed by atoms with van der Waals surface area (Å²) in [6.07, 6.45) is -2.24. The summed E-state index contributed by atoms with van der Waals surface area (Å²) in [5.74, 6) is 0.423. The molecule has 1 atom stereocenters. The smallest absolute Gasteiger partial charge is 0.384 e. The number of nitrogens with two attached hydrogens (primary N) is 1. The van der Waals surface area contributed by atoms with Gasteiger partial charge in [0.2, 0.25) is 0 Å². The van der Waals surface area contributed by atoms with Gasteiger partial charge in [-0.15, -0.1) is 0 Å². The molecule has 0 aromatic heterocycles. The van der Waals surface area contributed by atoms with Gasteiger partial charge in [-0.05, 0) is 42.5 Å². The Hall–Kier alpha value is -1.27. The summed E-state index contributed by atoms with van der Waals surface area (Å²) in [6, 6.07) is 4.24. The Morgan fingerprint density at radius 2 is 2.14 bits per heavy atom. The normalized spacial score (nSPS) is 19.9. The zero-order chi connectivity index (χ0) is 15.5. The maximum Gasteiger partial charge on any atom is 0.416 e. The minimum atomic E-state index is -4.35. The monoisotopic (exact) mass is 302 g/mol. The molecule has 1 unspecified atom stereocenters. The van der Waals surface area contributed by atoms with Crippen molar-refractivity contribution in [2.24, 2.45) is 11.7 Å². The molecule has 1 saturated heterocycles. The Balaban J connectivity index is 2.20. The van der Waals surface area contributed by atoms with E-state index in [1.54, 1.807) is 13.2 Å². The van der Waals surface area contributed by atoms with E-state index in [2.05, 4.69) is 4.90 Å². The Kier molecular flexibility index (Phi) is 5.11. The molecule has 1 aromatic carbocycles. The fourth-order valence-corrected chi connectivity index (χ4v) is 2.89. The van der Waals surface area contributed by atoms with Crippen LogP contribution in [-0.2, 0) is 17.5 Å². The van der Waals surface area contributed by atoms with Crippen LogP contribution in [-0.4, -0.2) is 26.8 Å². The average Bonchev–Trinajstić information content (AvgIpc) is 2.46. The first kappa shape index (κ1) is 16.1. The SMILES string of the molecule is COCC1CCCN(c2ccc(C(F)(F)F)c(CN)c2)C1. The Labute approximate surface area is 122 Å². The fraction of sp³-hybridized carbons (Fsp3) is 0.600. The quantitative estimate of drug-likeness (QED) is 0.929. The van der Waals surface area contributed by atoms with Crippen LogP contribution in [0.1, 0.15) is 24.0 Å². The van der Waals surface area contributed by atoms with Gasteiger partial charge in [0.25, 0.3) is 0 Å². The molecule has 0 bridgehead atoms. The van der Waals surface area contributed by atoms with Crippen molar-refractivity contribution in [1.82, 2.24) is 0 Å². The molecule has 0 aliphatic carbocycles. The molecule has 1 aliphatic rings. The van der Waals surface area contributed by atoms with Gasteiger partial charge in [0.05, 0.1) is 12.2 Å². The lowest BCUT2D eigenvalue weighted by atomic mass is 9.97. The number of benzene rings is 1. The van der Waals surface area contributed by atoms with E-state index in [-0.39, 0.29) is 12.1 Å². The first-order valence-corrected chi connectivity index (χ1v) is 7.09. The van der Waals surface area contributed by atoms with Crippen molar-refractivity contribution in [3.05, 3.63) is 29.3 Å². The number of nitrogens with zero attached hydrogens (tertiary/aromatic N) is 1. The second-order valence-electron chi connectivity index (χ2n) is 5.45. The van der Waals surface area contributed by atoms with Crippen LogP contribution in [0.3, 0.4) is 0 Å². The number of hydrogen-bond acceptors (Lipinski definition) is 3. The van der Waals surface area contributed by atoms with Gasteiger partial charge >= 0.3 is 6.18 Å². The molecule has 2 N–H and O–H groups in total. The summed E-state index contributed by atoms with van der Waals surface area (Å²) < 4.78 is 43.8. The second-order valence-corrected chi connectivity index (χ2v) is 5.45. The van der Waals surface area contributed by atoms with Gasteiger partial charge in [0.1, 0.15) is 0 Å². The van der Waals surface area contributed by atoms with Crippen molar-refractivity contribution < 1.29 is 17.9 Å². The number of hydrogen-bond donors (Lipinski definition) is 1. The van der Waals surface area contributed by atoms with Gasteiger partial charge in [0.15, 0.2) is 0 Å². The largest absolute Gasteiger partial charge is 0.416 e. The van der Waals surface area contributed by atoms with E-state index in [0.717, 1.165) is 37.7 Å². The molecule has 3 nitrogen and oxygen atoms in total. The summed E-state index contributed by atoms with van der Waals surface area (Å²) in [4.78, 5) is 2.12. The lowest BCUT2D eigenvalue weighted by molar-refractivity contribution is -0.138. The highest BCUT2D eigenvalue weighted by Gasteiger charge is 2.33. The van der Waals surface area contributed by atoms with Crippen LogP contribution in [0.2, 0.25) is 0 Å². The van der Waals surface area contributed by atoms with Gasteiger partial charge in [-0.1, -0.05) is 0 Å². The first-order chi connectivity index (χ1) is 9.95. The Morgan fingerprint density at radius 3 is 2.76 bits per heavy atom. The number of rotatable bonds is 4. The molecule has 21 heavy (non-hydrogen) atoms. The second kappa shape index (κ2) is 6.66. The van der Waals surface area contributed by atoms with Gasteiger partial charge < -0.3 is 15.4 Å². The molecule has 2 rings (SSSR count). The maximum absolute atomic E-state index is 12.9. The van der Waals surface area contributed by atoms with E-state index >= 15 is 0 Å². The van der Waals surface area contributed by atoms with E-state index in [1.165, 1.54) is 6.07 Å². The molecular formula is C15H21F3N2O. The predicted molar refractivity (Wildman–Crippen MR) is 76.1 cm³/mol. The van der Waals surface area contributed by atoms with Crippen molar-refractivity contribution in [2.75, 3.05) is 31.7 Å². The van der Waals surface area contributed by atoms with Crippen LogP contribution in [0, 0.1) is 5.92 Å². The summed E-state index contributed by atoms with van der Waals surface area (Å²) in [5, 5.41) is 0. The number of piperidine rings is 1. The van der Waals surface area contributed by atoms with Crippen molar-refractivity contribution >= 4 is 5.69 Å². The van der Waals surface area contributed by atoms with Crippen LogP contribution < -0.4 is 10.6 Å². The van der Waals surface area contributed by atoms with E-state index in [4.69, 9.17) is 10.5 Å². The van der Waals surface area contributed by atoms with Crippen LogP contribution in [0.15, 0.2) is 18.2 Å². The summed E-state index contributed by atoms with van der Waals surface area (Å²) >= 11 is 0. The third kappa shape index (κ3) is 3.89. The Morgan fingerprint density at radius 1 is 1.38 bits per heavy atom. The summed E-state index contributed by atoms with van der Waals surface area (Å²) in [5.41, 5.74) is 5.80. The molecule has 0 amide bonds. The van der Waals surface area contributed by atoms with Gasteiger partial charge in [-0.3, -0.25) is 0 Å². The van der Waals surface area contributed by atoms with Crippen molar-refractivity contribution in [2.45, 2.75) is 25.6 Å². The highest BCUT2D eigenvalue weighted by atomic mass is 19.4. The Bertz CT molecular complexity index is 474.